The first kappa shape index (κ1) is 9.90. The van der Waals surface area contributed by atoms with Crippen molar-refractivity contribution in [3.05, 3.63) is 34.3 Å². The maximum absolute atomic E-state index is 10.4. The highest BCUT2D eigenvalue weighted by Gasteiger charge is 2.37. The van der Waals surface area contributed by atoms with Crippen LogP contribution in [0.25, 0.3) is 0 Å². The molecule has 0 unspecified atom stereocenters. The number of rotatable bonds is 2. The second kappa shape index (κ2) is 3.63. The van der Waals surface area contributed by atoms with Gasteiger partial charge in [0.1, 0.15) is 6.10 Å². The van der Waals surface area contributed by atoms with Gasteiger partial charge in [-0.2, -0.15) is 0 Å². The highest BCUT2D eigenvalue weighted by Crippen LogP contribution is 2.49. The van der Waals surface area contributed by atoms with Crippen molar-refractivity contribution in [2.24, 2.45) is 0 Å². The van der Waals surface area contributed by atoms with E-state index in [9.17, 15) is 4.79 Å². The van der Waals surface area contributed by atoms with Crippen molar-refractivity contribution in [1.82, 2.24) is 0 Å². The minimum Gasteiger partial charge on any atom is -0.485 e. The molecular weight excluding hydrogens is 272 g/mol. The van der Waals surface area contributed by atoms with Crippen LogP contribution in [0.3, 0.4) is 0 Å². The van der Waals surface area contributed by atoms with Gasteiger partial charge in [-0.1, -0.05) is 28.1 Å². The van der Waals surface area contributed by atoms with Gasteiger partial charge in [-0.15, -0.1) is 0 Å². The molecule has 0 N–H and O–H groups in total. The summed E-state index contributed by atoms with van der Waals surface area (Å²) in [6, 6.07) is 3.77. The van der Waals surface area contributed by atoms with E-state index in [2.05, 4.69) is 28.1 Å². The first-order valence-electron chi connectivity index (χ1n) is 5.06. The normalized spacial score (nSPS) is 24.8. The molecule has 0 aromatic heterocycles. The molecule has 1 aromatic carbocycles. The number of hydrogen-bond acceptors (Lipinski definition) is 3. The van der Waals surface area contributed by atoms with Gasteiger partial charge in [-0.05, 0) is 12.1 Å². The monoisotopic (exact) mass is 280 g/mol. The van der Waals surface area contributed by atoms with E-state index in [1.54, 1.807) is 6.07 Å². The topological polar surface area (TPSA) is 35.5 Å². The molecule has 1 aliphatic carbocycles. The van der Waals surface area contributed by atoms with Crippen molar-refractivity contribution in [2.75, 3.05) is 0 Å². The van der Waals surface area contributed by atoms with E-state index in [-0.39, 0.29) is 6.10 Å². The summed E-state index contributed by atoms with van der Waals surface area (Å²) in [5.41, 5.74) is 1.09. The lowest BCUT2D eigenvalue weighted by atomic mass is 9.98. The molecule has 16 heavy (non-hydrogen) atoms. The number of carbonyl (C=O) groups excluding carboxylic acids is 1. The molecule has 3 rings (SSSR count). The second-order valence-electron chi connectivity index (χ2n) is 3.88. The van der Waals surface area contributed by atoms with Crippen molar-refractivity contribution in [1.29, 1.82) is 0 Å². The summed E-state index contributed by atoms with van der Waals surface area (Å²) in [6.45, 7) is 0.426. The zero-order valence-corrected chi connectivity index (χ0v) is 9.94. The summed E-state index contributed by atoms with van der Waals surface area (Å²) in [7, 11) is 0. The molecule has 2 atom stereocenters. The Morgan fingerprint density at radius 1 is 1.50 bits per heavy atom. The molecule has 0 saturated heterocycles. The highest BCUT2D eigenvalue weighted by atomic mass is 79.9. The molecule has 0 amide bonds. The van der Waals surface area contributed by atoms with Crippen LogP contribution in [0.2, 0.25) is 0 Å². The Kier molecular flexibility index (Phi) is 2.24. The van der Waals surface area contributed by atoms with Crippen LogP contribution in [0.1, 0.15) is 17.9 Å². The van der Waals surface area contributed by atoms with E-state index in [4.69, 9.17) is 9.47 Å². The summed E-state index contributed by atoms with van der Waals surface area (Å²) in [6.07, 6.45) is 5.35. The van der Waals surface area contributed by atoms with Crippen LogP contribution in [0, 0.1) is 0 Å². The molecule has 4 heteroatoms. The van der Waals surface area contributed by atoms with Crippen LogP contribution >= 0.6 is 15.9 Å². The van der Waals surface area contributed by atoms with Crippen LogP contribution in [-0.2, 0) is 4.79 Å². The van der Waals surface area contributed by atoms with E-state index < -0.39 is 0 Å². The Balaban J connectivity index is 2.12. The van der Waals surface area contributed by atoms with Gasteiger partial charge in [0, 0.05) is 22.4 Å². The lowest BCUT2D eigenvalue weighted by Crippen LogP contribution is -2.11. The van der Waals surface area contributed by atoms with Crippen LogP contribution in [0.15, 0.2) is 28.8 Å². The number of ether oxygens (including phenoxy) is 2. The molecule has 0 saturated carbocycles. The average Bonchev–Trinajstić information content (AvgIpc) is 2.79. The van der Waals surface area contributed by atoms with E-state index in [0.29, 0.717) is 23.9 Å². The van der Waals surface area contributed by atoms with Gasteiger partial charge in [0.05, 0.1) is 0 Å². The Hall–Kier alpha value is -1.29. The molecule has 0 radical (unpaired) electrons. The molecular formula is C12H9BrO3. The largest absolute Gasteiger partial charge is 0.485 e. The van der Waals surface area contributed by atoms with Crippen molar-refractivity contribution in [2.45, 2.75) is 18.4 Å². The van der Waals surface area contributed by atoms with E-state index in [1.807, 2.05) is 6.07 Å². The smallest absolute Gasteiger partial charge is 0.298 e. The van der Waals surface area contributed by atoms with Crippen molar-refractivity contribution >= 4 is 22.4 Å². The number of halogens is 1. The van der Waals surface area contributed by atoms with Gasteiger partial charge in [-0.25, -0.2) is 0 Å². The molecule has 2 aliphatic rings. The SMILES string of the molecule is O=COc1cc(Br)cc2c1O[C@H]1CC=C[C@@H]21. The fourth-order valence-corrected chi connectivity index (χ4v) is 2.76. The fraction of sp³-hybridized carbons (Fsp3) is 0.250. The predicted molar refractivity (Wildman–Crippen MR) is 61.7 cm³/mol. The number of carbonyl (C=O) groups is 1. The maximum Gasteiger partial charge on any atom is 0.298 e. The first-order chi connectivity index (χ1) is 7.79. The summed E-state index contributed by atoms with van der Waals surface area (Å²) in [4.78, 5) is 10.4. The van der Waals surface area contributed by atoms with E-state index in [0.717, 1.165) is 16.5 Å². The third kappa shape index (κ3) is 1.37. The first-order valence-corrected chi connectivity index (χ1v) is 5.86. The fourth-order valence-electron chi connectivity index (χ4n) is 2.31. The zero-order valence-electron chi connectivity index (χ0n) is 8.35. The number of hydrogen-bond donors (Lipinski definition) is 0. The summed E-state index contributed by atoms with van der Waals surface area (Å²) >= 11 is 3.41. The molecule has 1 heterocycles. The van der Waals surface area contributed by atoms with Gasteiger partial charge in [-0.3, -0.25) is 4.79 Å². The van der Waals surface area contributed by atoms with Crippen LogP contribution < -0.4 is 9.47 Å². The summed E-state index contributed by atoms with van der Waals surface area (Å²) in [5, 5.41) is 0. The zero-order chi connectivity index (χ0) is 11.1. The van der Waals surface area contributed by atoms with Crippen molar-refractivity contribution in [3.8, 4) is 11.5 Å². The Morgan fingerprint density at radius 2 is 2.38 bits per heavy atom. The third-order valence-electron chi connectivity index (χ3n) is 2.96. The lowest BCUT2D eigenvalue weighted by molar-refractivity contribution is -0.120. The van der Waals surface area contributed by atoms with Gasteiger partial charge in [0.2, 0.25) is 0 Å². The summed E-state index contributed by atoms with van der Waals surface area (Å²) < 4.78 is 11.6. The van der Waals surface area contributed by atoms with Crippen LogP contribution in [-0.4, -0.2) is 12.6 Å². The highest BCUT2D eigenvalue weighted by molar-refractivity contribution is 9.10. The lowest BCUT2D eigenvalue weighted by Gasteiger charge is -2.08. The molecule has 3 nitrogen and oxygen atoms in total. The quantitative estimate of drug-likeness (QED) is 0.617. The molecule has 1 aliphatic heterocycles. The summed E-state index contributed by atoms with van der Waals surface area (Å²) in [5.74, 6) is 1.48. The molecule has 1 aromatic rings. The maximum atomic E-state index is 10.4. The standard InChI is InChI=1S/C12H9BrO3/c13-7-4-9-8-2-1-3-10(8)16-12(9)11(5-7)15-6-14/h1-2,4-6,8,10H,3H2/t8-,10-/m0/s1. The molecule has 82 valence electrons. The van der Waals surface area contributed by atoms with Gasteiger partial charge >= 0.3 is 0 Å². The minimum atomic E-state index is 0.165. The second-order valence-corrected chi connectivity index (χ2v) is 4.80. The van der Waals surface area contributed by atoms with Gasteiger partial charge < -0.3 is 9.47 Å². The van der Waals surface area contributed by atoms with Gasteiger partial charge in [0.25, 0.3) is 6.47 Å². The Morgan fingerprint density at radius 3 is 3.19 bits per heavy atom. The molecule has 0 spiro atoms. The number of benzene rings is 1. The minimum absolute atomic E-state index is 0.165. The van der Waals surface area contributed by atoms with Crippen LogP contribution in [0.4, 0.5) is 0 Å². The predicted octanol–water partition coefficient (Wildman–Crippen LogP) is 2.79. The molecule has 0 fully saturated rings. The van der Waals surface area contributed by atoms with Crippen molar-refractivity contribution < 1.29 is 14.3 Å². The van der Waals surface area contributed by atoms with E-state index in [1.165, 1.54) is 0 Å². The van der Waals surface area contributed by atoms with Gasteiger partial charge in [0.15, 0.2) is 11.5 Å². The Labute approximate surface area is 101 Å². The van der Waals surface area contributed by atoms with Crippen LogP contribution in [0.5, 0.6) is 11.5 Å². The number of fused-ring (bicyclic) bond motifs is 3. The van der Waals surface area contributed by atoms with E-state index >= 15 is 0 Å². The van der Waals surface area contributed by atoms with Crippen molar-refractivity contribution in [3.63, 3.8) is 0 Å². The Bertz CT molecular complexity index is 481. The molecule has 0 bridgehead atoms. The third-order valence-corrected chi connectivity index (χ3v) is 3.42. The average molecular weight is 281 g/mol.